The van der Waals surface area contributed by atoms with Crippen LogP contribution >= 0.6 is 0 Å². The van der Waals surface area contributed by atoms with Crippen molar-refractivity contribution in [1.29, 1.82) is 5.26 Å². The van der Waals surface area contributed by atoms with Gasteiger partial charge in [0.15, 0.2) is 0 Å². The van der Waals surface area contributed by atoms with E-state index in [4.69, 9.17) is 9.84 Å². The van der Waals surface area contributed by atoms with Crippen molar-refractivity contribution in [2.75, 3.05) is 11.9 Å². The summed E-state index contributed by atoms with van der Waals surface area (Å²) in [5.74, 6) is 0.00726. The SMILES string of the molecule is CCOc1ccccc1NC(=O)/C(C#N)=C/c1cn(-c2ccccc2)nc1-c1cccnc1. The Labute approximate surface area is 191 Å². The molecule has 162 valence electrons. The van der Waals surface area contributed by atoms with Crippen LogP contribution in [0.1, 0.15) is 12.5 Å². The second-order valence-electron chi connectivity index (χ2n) is 7.01. The molecule has 4 rings (SSSR count). The molecule has 4 aromatic rings. The van der Waals surface area contributed by atoms with E-state index in [0.29, 0.717) is 29.3 Å². The molecule has 0 atom stereocenters. The topological polar surface area (TPSA) is 92.8 Å². The molecule has 7 nitrogen and oxygen atoms in total. The van der Waals surface area contributed by atoms with E-state index in [1.165, 1.54) is 6.08 Å². The van der Waals surface area contributed by atoms with Gasteiger partial charge in [-0.2, -0.15) is 10.4 Å². The van der Waals surface area contributed by atoms with Crippen molar-refractivity contribution in [2.24, 2.45) is 0 Å². The highest BCUT2D eigenvalue weighted by atomic mass is 16.5. The van der Waals surface area contributed by atoms with Crippen molar-refractivity contribution in [1.82, 2.24) is 14.8 Å². The number of rotatable bonds is 7. The first-order valence-corrected chi connectivity index (χ1v) is 10.4. The minimum absolute atomic E-state index is 0.0564. The molecule has 0 fully saturated rings. The van der Waals surface area contributed by atoms with Gasteiger partial charge in [0.1, 0.15) is 23.1 Å². The number of anilines is 1. The molecule has 7 heteroatoms. The van der Waals surface area contributed by atoms with Gasteiger partial charge < -0.3 is 10.1 Å². The van der Waals surface area contributed by atoms with E-state index >= 15 is 0 Å². The molecule has 2 aromatic heterocycles. The number of amides is 1. The third kappa shape index (κ3) is 4.97. The van der Waals surface area contributed by atoms with Gasteiger partial charge in [-0.1, -0.05) is 30.3 Å². The number of carbonyl (C=O) groups is 1. The zero-order valence-electron chi connectivity index (χ0n) is 18.0. The van der Waals surface area contributed by atoms with Crippen LogP contribution in [0.15, 0.2) is 90.9 Å². The standard InChI is InChI=1S/C26H21N5O2/c1-2-33-24-13-7-6-12-23(24)29-26(32)20(16-27)15-21-18-31(22-10-4-3-5-11-22)30-25(21)19-9-8-14-28-17-19/h3-15,17-18H,2H2,1H3,(H,29,32)/b20-15+. The highest BCUT2D eigenvalue weighted by molar-refractivity contribution is 6.10. The fourth-order valence-corrected chi connectivity index (χ4v) is 3.28. The number of ether oxygens (including phenoxy) is 1. The smallest absolute Gasteiger partial charge is 0.266 e. The van der Waals surface area contributed by atoms with Gasteiger partial charge in [0, 0.05) is 29.7 Å². The molecule has 2 aromatic carbocycles. The Morgan fingerprint density at radius 1 is 1.12 bits per heavy atom. The normalized spacial score (nSPS) is 11.0. The summed E-state index contributed by atoms with van der Waals surface area (Å²) in [6.07, 6.45) is 6.69. The van der Waals surface area contributed by atoms with Crippen LogP contribution in [0.4, 0.5) is 5.69 Å². The van der Waals surface area contributed by atoms with Crippen LogP contribution in [-0.2, 0) is 4.79 Å². The van der Waals surface area contributed by atoms with Crippen molar-refractivity contribution in [3.8, 4) is 28.8 Å². The Morgan fingerprint density at radius 3 is 2.64 bits per heavy atom. The van der Waals surface area contributed by atoms with Crippen LogP contribution in [-0.4, -0.2) is 27.3 Å². The number of hydrogen-bond acceptors (Lipinski definition) is 5. The monoisotopic (exact) mass is 435 g/mol. The van der Waals surface area contributed by atoms with Gasteiger partial charge in [-0.05, 0) is 49.4 Å². The van der Waals surface area contributed by atoms with E-state index in [2.05, 4.69) is 10.3 Å². The lowest BCUT2D eigenvalue weighted by Crippen LogP contribution is -2.14. The highest BCUT2D eigenvalue weighted by Gasteiger charge is 2.16. The number of nitrogens with one attached hydrogen (secondary N) is 1. The summed E-state index contributed by atoms with van der Waals surface area (Å²) in [5.41, 5.74) is 3.31. The maximum atomic E-state index is 12.9. The van der Waals surface area contributed by atoms with Crippen LogP contribution in [0.25, 0.3) is 23.0 Å². The zero-order valence-corrected chi connectivity index (χ0v) is 18.0. The highest BCUT2D eigenvalue weighted by Crippen LogP contribution is 2.27. The summed E-state index contributed by atoms with van der Waals surface area (Å²) >= 11 is 0. The first-order valence-electron chi connectivity index (χ1n) is 10.4. The van der Waals surface area contributed by atoms with Crippen LogP contribution in [0.5, 0.6) is 5.75 Å². The van der Waals surface area contributed by atoms with Crippen LogP contribution in [0, 0.1) is 11.3 Å². The predicted octanol–water partition coefficient (Wildman–Crippen LogP) is 4.88. The molecule has 0 spiro atoms. The summed E-state index contributed by atoms with van der Waals surface area (Å²) < 4.78 is 7.28. The molecule has 0 saturated heterocycles. The lowest BCUT2D eigenvalue weighted by molar-refractivity contribution is -0.112. The van der Waals surface area contributed by atoms with E-state index in [0.717, 1.165) is 11.3 Å². The number of aromatic nitrogens is 3. The minimum atomic E-state index is -0.533. The van der Waals surface area contributed by atoms with E-state index < -0.39 is 5.91 Å². The molecule has 33 heavy (non-hydrogen) atoms. The van der Waals surface area contributed by atoms with Crippen LogP contribution in [0.2, 0.25) is 0 Å². The fraction of sp³-hybridized carbons (Fsp3) is 0.0769. The molecule has 0 aliphatic rings. The molecular formula is C26H21N5O2. The summed E-state index contributed by atoms with van der Waals surface area (Å²) in [6.45, 7) is 2.32. The zero-order chi connectivity index (χ0) is 23.0. The molecular weight excluding hydrogens is 414 g/mol. The second-order valence-corrected chi connectivity index (χ2v) is 7.01. The Bertz CT molecular complexity index is 1320. The number of para-hydroxylation sites is 3. The van der Waals surface area contributed by atoms with Crippen molar-refractivity contribution in [2.45, 2.75) is 6.92 Å². The lowest BCUT2D eigenvalue weighted by Gasteiger charge is -2.10. The van der Waals surface area contributed by atoms with Gasteiger partial charge in [-0.25, -0.2) is 4.68 Å². The van der Waals surface area contributed by atoms with Crippen molar-refractivity contribution >= 4 is 17.7 Å². The van der Waals surface area contributed by atoms with Crippen molar-refractivity contribution in [3.05, 3.63) is 96.5 Å². The first-order chi connectivity index (χ1) is 16.2. The minimum Gasteiger partial charge on any atom is -0.492 e. The van der Waals surface area contributed by atoms with Gasteiger partial charge in [-0.15, -0.1) is 0 Å². The fourth-order valence-electron chi connectivity index (χ4n) is 3.28. The molecule has 1 amide bonds. The largest absolute Gasteiger partial charge is 0.492 e. The molecule has 0 unspecified atom stereocenters. The molecule has 2 heterocycles. The maximum absolute atomic E-state index is 12.9. The van der Waals surface area contributed by atoms with Gasteiger partial charge in [0.25, 0.3) is 5.91 Å². The predicted molar refractivity (Wildman–Crippen MR) is 127 cm³/mol. The second kappa shape index (κ2) is 10.1. The quantitative estimate of drug-likeness (QED) is 0.330. The molecule has 0 aliphatic heterocycles. The average Bonchev–Trinajstić information content (AvgIpc) is 3.29. The maximum Gasteiger partial charge on any atom is 0.266 e. The molecule has 0 radical (unpaired) electrons. The third-order valence-electron chi connectivity index (χ3n) is 4.80. The number of nitriles is 1. The first kappa shape index (κ1) is 21.5. The third-order valence-corrected chi connectivity index (χ3v) is 4.80. The average molecular weight is 435 g/mol. The van der Waals surface area contributed by atoms with E-state index in [1.807, 2.05) is 61.5 Å². The van der Waals surface area contributed by atoms with Gasteiger partial charge in [0.05, 0.1) is 18.0 Å². The lowest BCUT2D eigenvalue weighted by atomic mass is 10.1. The summed E-state index contributed by atoms with van der Waals surface area (Å²) in [4.78, 5) is 17.1. The van der Waals surface area contributed by atoms with Gasteiger partial charge in [0.2, 0.25) is 0 Å². The molecule has 0 bridgehead atoms. The van der Waals surface area contributed by atoms with E-state index in [1.54, 1.807) is 41.5 Å². The van der Waals surface area contributed by atoms with Gasteiger partial charge >= 0.3 is 0 Å². The number of nitrogens with zero attached hydrogens (tertiary/aromatic N) is 4. The number of benzene rings is 2. The van der Waals surface area contributed by atoms with Crippen molar-refractivity contribution < 1.29 is 9.53 Å². The molecule has 0 saturated carbocycles. The summed E-state index contributed by atoms with van der Waals surface area (Å²) in [6, 6.07) is 22.4. The van der Waals surface area contributed by atoms with Crippen LogP contribution in [0.3, 0.4) is 0 Å². The Balaban J connectivity index is 1.72. The number of hydrogen-bond donors (Lipinski definition) is 1. The van der Waals surface area contributed by atoms with E-state index in [9.17, 15) is 10.1 Å². The van der Waals surface area contributed by atoms with Crippen LogP contribution < -0.4 is 10.1 Å². The molecule has 0 aliphatic carbocycles. The van der Waals surface area contributed by atoms with E-state index in [-0.39, 0.29) is 5.57 Å². The summed E-state index contributed by atoms with van der Waals surface area (Å²) in [5, 5.41) is 17.2. The Hall–Kier alpha value is -4.70. The number of pyridine rings is 1. The Morgan fingerprint density at radius 2 is 1.91 bits per heavy atom. The van der Waals surface area contributed by atoms with Crippen molar-refractivity contribution in [3.63, 3.8) is 0 Å². The summed E-state index contributed by atoms with van der Waals surface area (Å²) in [7, 11) is 0. The molecule has 1 N–H and O–H groups in total. The Kier molecular flexibility index (Phi) is 6.57. The number of carbonyl (C=O) groups excluding carboxylic acids is 1. The van der Waals surface area contributed by atoms with Gasteiger partial charge in [-0.3, -0.25) is 9.78 Å².